The molecule has 0 aliphatic carbocycles. The third-order valence-electron chi connectivity index (χ3n) is 4.56. The molecule has 7 heteroatoms. The number of imidazole rings is 1. The minimum absolute atomic E-state index is 0.281. The zero-order valence-corrected chi connectivity index (χ0v) is 16.5. The molecule has 0 saturated heterocycles. The van der Waals surface area contributed by atoms with E-state index >= 15 is 0 Å². The summed E-state index contributed by atoms with van der Waals surface area (Å²) in [4.78, 5) is 16.3. The van der Waals surface area contributed by atoms with Gasteiger partial charge in [0.15, 0.2) is 0 Å². The number of carbonyl (C=O) groups is 1. The van der Waals surface area contributed by atoms with Crippen LogP contribution in [0.25, 0.3) is 6.08 Å². The van der Waals surface area contributed by atoms with Gasteiger partial charge in [-0.3, -0.25) is 5.10 Å². The first kappa shape index (κ1) is 19.9. The van der Waals surface area contributed by atoms with Gasteiger partial charge in [0.05, 0.1) is 24.6 Å². The SMILES string of the molecule is CCCCc1ncc(C=C(Cc2cn[nH]c2)C(=O)O)n1Cc1ccccc1Cl. The zero-order chi connectivity index (χ0) is 19.9. The fourth-order valence-electron chi connectivity index (χ4n) is 3.02. The van der Waals surface area contributed by atoms with Crippen molar-refractivity contribution in [2.75, 3.05) is 0 Å². The van der Waals surface area contributed by atoms with Crippen molar-refractivity contribution in [1.29, 1.82) is 0 Å². The summed E-state index contributed by atoms with van der Waals surface area (Å²) < 4.78 is 2.05. The van der Waals surface area contributed by atoms with Crippen LogP contribution in [0, 0.1) is 0 Å². The molecule has 2 aromatic heterocycles. The number of H-pyrrole nitrogens is 1. The molecule has 28 heavy (non-hydrogen) atoms. The summed E-state index contributed by atoms with van der Waals surface area (Å²) in [6.45, 7) is 2.68. The summed E-state index contributed by atoms with van der Waals surface area (Å²) in [5, 5.41) is 16.9. The van der Waals surface area contributed by atoms with Crippen LogP contribution in [-0.2, 0) is 24.2 Å². The fourth-order valence-corrected chi connectivity index (χ4v) is 3.21. The molecule has 0 spiro atoms. The van der Waals surface area contributed by atoms with Gasteiger partial charge in [-0.05, 0) is 29.7 Å². The molecule has 0 fully saturated rings. The zero-order valence-electron chi connectivity index (χ0n) is 15.7. The van der Waals surface area contributed by atoms with E-state index in [1.54, 1.807) is 24.7 Å². The molecule has 0 aliphatic heterocycles. The topological polar surface area (TPSA) is 83.8 Å². The standard InChI is InChI=1S/C21H23ClN4O2/c1-2-3-8-20-23-13-18(26(20)14-16-6-4-5-7-19(16)22)10-17(21(27)28)9-15-11-24-25-12-15/h4-7,10-13H,2-3,8-9,14H2,1H3,(H,24,25)(H,27,28). The van der Waals surface area contributed by atoms with Gasteiger partial charge in [-0.1, -0.05) is 43.1 Å². The Balaban J connectivity index is 1.97. The number of aryl methyl sites for hydroxylation is 1. The Labute approximate surface area is 168 Å². The lowest BCUT2D eigenvalue weighted by atomic mass is 10.1. The molecule has 6 nitrogen and oxygen atoms in total. The third kappa shape index (κ3) is 4.89. The first-order valence-corrected chi connectivity index (χ1v) is 9.65. The first-order valence-electron chi connectivity index (χ1n) is 9.27. The van der Waals surface area contributed by atoms with Crippen molar-refractivity contribution in [2.24, 2.45) is 0 Å². The summed E-state index contributed by atoms with van der Waals surface area (Å²) in [7, 11) is 0. The summed E-state index contributed by atoms with van der Waals surface area (Å²) >= 11 is 6.35. The van der Waals surface area contributed by atoms with Crippen molar-refractivity contribution in [1.82, 2.24) is 19.7 Å². The molecule has 0 saturated carbocycles. The maximum atomic E-state index is 11.8. The summed E-state index contributed by atoms with van der Waals surface area (Å²) in [5.41, 5.74) is 2.83. The average molecular weight is 399 g/mol. The summed E-state index contributed by atoms with van der Waals surface area (Å²) in [6, 6.07) is 7.67. The minimum Gasteiger partial charge on any atom is -0.478 e. The molecule has 2 heterocycles. The highest BCUT2D eigenvalue weighted by molar-refractivity contribution is 6.31. The number of unbranched alkanes of at least 4 members (excludes halogenated alkanes) is 1. The number of carboxylic acid groups (broad SMARTS) is 1. The minimum atomic E-state index is -0.957. The number of nitrogens with zero attached hydrogens (tertiary/aromatic N) is 3. The highest BCUT2D eigenvalue weighted by atomic mass is 35.5. The summed E-state index contributed by atoms with van der Waals surface area (Å²) in [5.74, 6) is -0.0251. The van der Waals surface area contributed by atoms with E-state index < -0.39 is 5.97 Å². The van der Waals surface area contributed by atoms with Crippen molar-refractivity contribution in [2.45, 2.75) is 39.2 Å². The van der Waals surface area contributed by atoms with E-state index in [0.29, 0.717) is 11.6 Å². The number of aliphatic carboxylic acids is 1. The van der Waals surface area contributed by atoms with Crippen LogP contribution in [0.15, 0.2) is 48.4 Å². The Morgan fingerprint density at radius 3 is 2.82 bits per heavy atom. The smallest absolute Gasteiger partial charge is 0.331 e. The maximum Gasteiger partial charge on any atom is 0.331 e. The molecule has 0 atom stereocenters. The maximum absolute atomic E-state index is 11.8. The van der Waals surface area contributed by atoms with Gasteiger partial charge in [0.25, 0.3) is 0 Å². The van der Waals surface area contributed by atoms with E-state index in [0.717, 1.165) is 41.9 Å². The van der Waals surface area contributed by atoms with Crippen LogP contribution in [0.2, 0.25) is 5.02 Å². The Hall–Kier alpha value is -2.86. The molecule has 1 aromatic carbocycles. The van der Waals surface area contributed by atoms with Crippen LogP contribution in [0.4, 0.5) is 0 Å². The van der Waals surface area contributed by atoms with Gasteiger partial charge in [0, 0.05) is 29.6 Å². The predicted octanol–water partition coefficient (Wildman–Crippen LogP) is 4.36. The van der Waals surface area contributed by atoms with Gasteiger partial charge in [-0.25, -0.2) is 9.78 Å². The molecule has 146 valence electrons. The highest BCUT2D eigenvalue weighted by Crippen LogP contribution is 2.21. The number of benzene rings is 1. The largest absolute Gasteiger partial charge is 0.478 e. The highest BCUT2D eigenvalue weighted by Gasteiger charge is 2.15. The van der Waals surface area contributed by atoms with E-state index in [9.17, 15) is 9.90 Å². The molecule has 0 radical (unpaired) electrons. The van der Waals surface area contributed by atoms with Gasteiger partial charge in [-0.15, -0.1) is 0 Å². The molecule has 3 aromatic rings. The predicted molar refractivity (Wildman–Crippen MR) is 109 cm³/mol. The molecular formula is C21H23ClN4O2. The number of aromatic amines is 1. The lowest BCUT2D eigenvalue weighted by Gasteiger charge is -2.12. The second-order valence-electron chi connectivity index (χ2n) is 6.64. The Bertz CT molecular complexity index is 961. The van der Waals surface area contributed by atoms with Crippen LogP contribution in [0.5, 0.6) is 0 Å². The molecule has 0 aliphatic rings. The van der Waals surface area contributed by atoms with Crippen molar-refractivity contribution in [3.8, 4) is 0 Å². The number of aromatic nitrogens is 4. The van der Waals surface area contributed by atoms with E-state index in [4.69, 9.17) is 11.6 Å². The normalized spacial score (nSPS) is 11.7. The first-order chi connectivity index (χ1) is 13.6. The lowest BCUT2D eigenvalue weighted by Crippen LogP contribution is -2.09. The monoisotopic (exact) mass is 398 g/mol. The molecule has 2 N–H and O–H groups in total. The number of carboxylic acids is 1. The average Bonchev–Trinajstić information content (AvgIpc) is 3.32. The number of hydrogen-bond donors (Lipinski definition) is 2. The van der Waals surface area contributed by atoms with Gasteiger partial charge < -0.3 is 9.67 Å². The Kier molecular flexibility index (Phi) is 6.66. The van der Waals surface area contributed by atoms with E-state index in [2.05, 4.69) is 26.7 Å². The van der Waals surface area contributed by atoms with Crippen molar-refractivity contribution >= 4 is 23.6 Å². The lowest BCUT2D eigenvalue weighted by molar-refractivity contribution is -0.132. The van der Waals surface area contributed by atoms with Gasteiger partial charge in [0.2, 0.25) is 0 Å². The van der Waals surface area contributed by atoms with E-state index in [-0.39, 0.29) is 12.0 Å². The van der Waals surface area contributed by atoms with Crippen LogP contribution in [0.1, 0.15) is 42.4 Å². The number of rotatable bonds is 9. The summed E-state index contributed by atoms with van der Waals surface area (Å²) in [6.07, 6.45) is 9.95. The Morgan fingerprint density at radius 2 is 2.14 bits per heavy atom. The van der Waals surface area contributed by atoms with E-state index in [1.165, 1.54) is 0 Å². The quantitative estimate of drug-likeness (QED) is 0.524. The number of halogens is 1. The van der Waals surface area contributed by atoms with Crippen LogP contribution < -0.4 is 0 Å². The van der Waals surface area contributed by atoms with Gasteiger partial charge in [0.1, 0.15) is 5.82 Å². The number of nitrogens with one attached hydrogen (secondary N) is 1. The van der Waals surface area contributed by atoms with Crippen molar-refractivity contribution in [3.05, 3.63) is 76.1 Å². The third-order valence-corrected chi connectivity index (χ3v) is 4.92. The molecule has 0 unspecified atom stereocenters. The Morgan fingerprint density at radius 1 is 1.32 bits per heavy atom. The van der Waals surface area contributed by atoms with E-state index in [1.807, 2.05) is 24.3 Å². The molecule has 0 bridgehead atoms. The van der Waals surface area contributed by atoms with Crippen LogP contribution in [-0.4, -0.2) is 30.8 Å². The van der Waals surface area contributed by atoms with Gasteiger partial charge in [-0.2, -0.15) is 5.10 Å². The molecule has 0 amide bonds. The van der Waals surface area contributed by atoms with Crippen molar-refractivity contribution in [3.63, 3.8) is 0 Å². The van der Waals surface area contributed by atoms with Crippen LogP contribution >= 0.6 is 11.6 Å². The molecular weight excluding hydrogens is 376 g/mol. The van der Waals surface area contributed by atoms with Crippen molar-refractivity contribution < 1.29 is 9.90 Å². The molecule has 3 rings (SSSR count). The number of hydrogen-bond acceptors (Lipinski definition) is 3. The second-order valence-corrected chi connectivity index (χ2v) is 7.05. The fraction of sp³-hybridized carbons (Fsp3) is 0.286. The second kappa shape index (κ2) is 9.37. The van der Waals surface area contributed by atoms with Gasteiger partial charge >= 0.3 is 5.97 Å². The van der Waals surface area contributed by atoms with Crippen LogP contribution in [0.3, 0.4) is 0 Å².